The van der Waals surface area contributed by atoms with Crippen molar-refractivity contribution in [3.05, 3.63) is 45.5 Å². The van der Waals surface area contributed by atoms with Gasteiger partial charge in [-0.2, -0.15) is 0 Å². The number of amides is 2. The normalized spacial score (nSPS) is 16.5. The van der Waals surface area contributed by atoms with Crippen molar-refractivity contribution in [2.45, 2.75) is 25.7 Å². The molecule has 9 heteroatoms. The van der Waals surface area contributed by atoms with Gasteiger partial charge in [-0.3, -0.25) is 14.5 Å². The average molecular weight is 461 g/mol. The highest BCUT2D eigenvalue weighted by Gasteiger charge is 2.31. The Kier molecular flexibility index (Phi) is 6.71. The van der Waals surface area contributed by atoms with Crippen LogP contribution in [0.1, 0.15) is 30.6 Å². The topological polar surface area (TPSA) is 67.9 Å². The largest absolute Gasteiger partial charge is 0.454 e. The molecule has 0 saturated carbocycles. The van der Waals surface area contributed by atoms with E-state index in [1.807, 2.05) is 23.6 Å². The van der Waals surface area contributed by atoms with E-state index in [-0.39, 0.29) is 18.6 Å². The minimum atomic E-state index is -0.0432. The average Bonchev–Trinajstić information content (AvgIpc) is 3.45. The van der Waals surface area contributed by atoms with Gasteiger partial charge in [0.1, 0.15) is 4.32 Å². The van der Waals surface area contributed by atoms with Gasteiger partial charge in [-0.15, -0.1) is 11.3 Å². The van der Waals surface area contributed by atoms with Crippen LogP contribution in [-0.2, 0) is 9.59 Å². The van der Waals surface area contributed by atoms with E-state index >= 15 is 0 Å². The molecule has 3 heterocycles. The predicted octanol–water partition coefficient (Wildman–Crippen LogP) is 4.88. The quantitative estimate of drug-likeness (QED) is 0.344. The molecule has 0 spiro atoms. The van der Waals surface area contributed by atoms with Gasteiger partial charge in [0.05, 0.1) is 4.91 Å². The molecule has 1 aromatic heterocycles. The van der Waals surface area contributed by atoms with Crippen LogP contribution >= 0.6 is 35.3 Å². The summed E-state index contributed by atoms with van der Waals surface area (Å²) in [6, 6.07) is 9.28. The molecule has 1 aromatic carbocycles. The summed E-state index contributed by atoms with van der Waals surface area (Å²) in [4.78, 5) is 28.1. The van der Waals surface area contributed by atoms with E-state index in [4.69, 9.17) is 21.7 Å². The first-order valence-corrected chi connectivity index (χ1v) is 11.7. The van der Waals surface area contributed by atoms with Gasteiger partial charge >= 0.3 is 0 Å². The van der Waals surface area contributed by atoms with Gasteiger partial charge in [0.2, 0.25) is 12.7 Å². The van der Waals surface area contributed by atoms with E-state index in [1.54, 1.807) is 34.4 Å². The number of anilines is 1. The molecule has 2 aliphatic rings. The van der Waals surface area contributed by atoms with Crippen LogP contribution < -0.4 is 14.8 Å². The standard InChI is InChI=1S/C21H20N2O4S3/c24-19(22-14-7-8-16-17(11-14)27-13-26-16)6-2-1-3-9-23-20(25)18(30-21(23)28)12-15-5-4-10-29-15/h4-5,7-8,10-12H,1-3,6,9,13H2,(H,22,24). The molecular formula is C21H20N2O4S3. The summed E-state index contributed by atoms with van der Waals surface area (Å²) in [5, 5.41) is 4.86. The van der Waals surface area contributed by atoms with Crippen molar-refractivity contribution in [2.75, 3.05) is 18.7 Å². The van der Waals surface area contributed by atoms with Gasteiger partial charge in [0.15, 0.2) is 11.5 Å². The molecule has 156 valence electrons. The van der Waals surface area contributed by atoms with Gasteiger partial charge in [-0.05, 0) is 42.5 Å². The van der Waals surface area contributed by atoms with Crippen molar-refractivity contribution in [2.24, 2.45) is 0 Å². The SMILES string of the molecule is O=C(CCCCCN1C(=O)C(=Cc2cccs2)SC1=S)Nc1ccc2c(c1)OCO2. The van der Waals surface area contributed by atoms with Crippen LogP contribution in [0.25, 0.3) is 6.08 Å². The summed E-state index contributed by atoms with van der Waals surface area (Å²) in [6.07, 6.45) is 4.71. The van der Waals surface area contributed by atoms with E-state index in [1.165, 1.54) is 11.8 Å². The summed E-state index contributed by atoms with van der Waals surface area (Å²) in [7, 11) is 0. The fourth-order valence-electron chi connectivity index (χ4n) is 3.13. The first kappa shape index (κ1) is 20.9. The number of benzene rings is 1. The Balaban J connectivity index is 1.17. The maximum absolute atomic E-state index is 12.6. The molecule has 0 unspecified atom stereocenters. The first-order valence-electron chi connectivity index (χ1n) is 9.58. The number of unbranched alkanes of at least 4 members (excludes halogenated alkanes) is 2. The number of nitrogens with zero attached hydrogens (tertiary/aromatic N) is 1. The van der Waals surface area contributed by atoms with Crippen molar-refractivity contribution < 1.29 is 19.1 Å². The monoisotopic (exact) mass is 460 g/mol. The number of nitrogens with one attached hydrogen (secondary N) is 1. The molecule has 0 radical (unpaired) electrons. The summed E-state index contributed by atoms with van der Waals surface area (Å²) in [5.41, 5.74) is 0.694. The number of hydrogen-bond acceptors (Lipinski definition) is 7. The Morgan fingerprint density at radius 2 is 2.07 bits per heavy atom. The van der Waals surface area contributed by atoms with E-state index in [0.717, 1.165) is 24.1 Å². The van der Waals surface area contributed by atoms with Gasteiger partial charge in [0, 0.05) is 29.6 Å². The predicted molar refractivity (Wildman–Crippen MR) is 124 cm³/mol. The lowest BCUT2D eigenvalue weighted by Crippen LogP contribution is -2.29. The Morgan fingerprint density at radius 1 is 1.20 bits per heavy atom. The third kappa shape index (κ3) is 5.03. The molecule has 1 fully saturated rings. The van der Waals surface area contributed by atoms with Gasteiger partial charge in [-0.25, -0.2) is 0 Å². The molecule has 0 aliphatic carbocycles. The molecule has 4 rings (SSSR count). The lowest BCUT2D eigenvalue weighted by atomic mass is 10.1. The third-order valence-electron chi connectivity index (χ3n) is 4.63. The number of thiophene rings is 1. The minimum Gasteiger partial charge on any atom is -0.454 e. The molecule has 2 amide bonds. The van der Waals surface area contributed by atoms with Crippen LogP contribution in [0.5, 0.6) is 11.5 Å². The van der Waals surface area contributed by atoms with Crippen molar-refractivity contribution in [1.29, 1.82) is 0 Å². The zero-order valence-electron chi connectivity index (χ0n) is 16.1. The summed E-state index contributed by atoms with van der Waals surface area (Å²) in [5.74, 6) is 1.26. The molecule has 0 atom stereocenters. The minimum absolute atomic E-state index is 0.0287. The first-order chi connectivity index (χ1) is 14.6. The molecule has 6 nitrogen and oxygen atoms in total. The van der Waals surface area contributed by atoms with Crippen molar-refractivity contribution in [1.82, 2.24) is 4.90 Å². The molecule has 2 aromatic rings. The second kappa shape index (κ2) is 9.63. The van der Waals surface area contributed by atoms with Crippen LogP contribution in [0.2, 0.25) is 0 Å². The molecular weight excluding hydrogens is 440 g/mol. The number of carbonyl (C=O) groups is 2. The van der Waals surface area contributed by atoms with Gasteiger partial charge < -0.3 is 14.8 Å². The van der Waals surface area contributed by atoms with Gasteiger partial charge in [0.25, 0.3) is 5.91 Å². The highest BCUT2D eigenvalue weighted by molar-refractivity contribution is 8.26. The number of fused-ring (bicyclic) bond motifs is 1. The third-order valence-corrected chi connectivity index (χ3v) is 6.83. The van der Waals surface area contributed by atoms with E-state index < -0.39 is 0 Å². The van der Waals surface area contributed by atoms with E-state index in [0.29, 0.717) is 39.4 Å². The highest BCUT2D eigenvalue weighted by Crippen LogP contribution is 2.35. The lowest BCUT2D eigenvalue weighted by Gasteiger charge is -2.14. The summed E-state index contributed by atoms with van der Waals surface area (Å²) in [6.45, 7) is 0.787. The van der Waals surface area contributed by atoms with Crippen LogP contribution in [0.15, 0.2) is 40.6 Å². The lowest BCUT2D eigenvalue weighted by molar-refractivity contribution is -0.122. The number of rotatable bonds is 8. The Labute approximate surface area is 188 Å². The molecule has 1 N–H and O–H groups in total. The molecule has 2 aliphatic heterocycles. The van der Waals surface area contributed by atoms with E-state index in [2.05, 4.69) is 5.32 Å². The molecule has 0 bridgehead atoms. The molecule has 30 heavy (non-hydrogen) atoms. The van der Waals surface area contributed by atoms with Gasteiger partial charge in [-0.1, -0.05) is 36.5 Å². The van der Waals surface area contributed by atoms with E-state index in [9.17, 15) is 9.59 Å². The summed E-state index contributed by atoms with van der Waals surface area (Å²) < 4.78 is 11.2. The van der Waals surface area contributed by atoms with Crippen molar-refractivity contribution in [3.63, 3.8) is 0 Å². The maximum Gasteiger partial charge on any atom is 0.266 e. The van der Waals surface area contributed by atoms with Crippen LogP contribution in [0.3, 0.4) is 0 Å². The van der Waals surface area contributed by atoms with Crippen LogP contribution in [0, 0.1) is 0 Å². The van der Waals surface area contributed by atoms with Crippen LogP contribution in [0.4, 0.5) is 5.69 Å². The number of hydrogen-bond donors (Lipinski definition) is 1. The van der Waals surface area contributed by atoms with Crippen molar-refractivity contribution in [3.8, 4) is 11.5 Å². The smallest absolute Gasteiger partial charge is 0.266 e. The Hall–Kier alpha value is -2.36. The number of carbonyl (C=O) groups excluding carboxylic acids is 2. The zero-order chi connectivity index (χ0) is 20.9. The second-order valence-corrected chi connectivity index (χ2v) is 9.43. The number of thiocarbonyl (C=S) groups is 1. The van der Waals surface area contributed by atoms with Crippen molar-refractivity contribution >= 4 is 63.2 Å². The Morgan fingerprint density at radius 3 is 2.90 bits per heavy atom. The zero-order valence-corrected chi connectivity index (χ0v) is 18.5. The fourth-order valence-corrected chi connectivity index (χ4v) is 5.16. The fraction of sp³-hybridized carbons (Fsp3) is 0.286. The number of thioether (sulfide) groups is 1. The van der Waals surface area contributed by atoms with Crippen LogP contribution in [-0.4, -0.2) is 34.4 Å². The highest BCUT2D eigenvalue weighted by atomic mass is 32.2. The number of ether oxygens (including phenoxy) is 2. The maximum atomic E-state index is 12.6. The molecule has 1 saturated heterocycles. The second-order valence-electron chi connectivity index (χ2n) is 6.78. The summed E-state index contributed by atoms with van der Waals surface area (Å²) >= 11 is 8.31. The Bertz CT molecular complexity index is 988.